The van der Waals surface area contributed by atoms with Crippen molar-refractivity contribution in [3.05, 3.63) is 17.6 Å². The van der Waals surface area contributed by atoms with Gasteiger partial charge in [0.15, 0.2) is 5.69 Å². The minimum atomic E-state index is -1.09. The largest absolute Gasteiger partial charge is 0.476 e. The van der Waals surface area contributed by atoms with Crippen LogP contribution < -0.4 is 5.73 Å². The summed E-state index contributed by atoms with van der Waals surface area (Å²) in [6.07, 6.45) is 1.22. The number of hydrogen-bond acceptors (Lipinski definition) is 4. The maximum Gasteiger partial charge on any atom is 0.356 e. The molecule has 1 rings (SSSR count). The van der Waals surface area contributed by atoms with Crippen LogP contribution in [-0.2, 0) is 0 Å². The molecule has 0 atom stereocenters. The van der Waals surface area contributed by atoms with E-state index in [0.717, 1.165) is 0 Å². The highest BCUT2D eigenvalue weighted by Gasteiger charge is 2.08. The molecule has 0 aromatic carbocycles. The molecule has 1 aromatic rings. The van der Waals surface area contributed by atoms with Crippen LogP contribution in [0.25, 0.3) is 0 Å². The van der Waals surface area contributed by atoms with Crippen LogP contribution in [0.2, 0.25) is 0 Å². The number of nitrogen functional groups attached to an aromatic ring is 1. The van der Waals surface area contributed by atoms with Crippen LogP contribution in [0.4, 0.5) is 5.82 Å². The van der Waals surface area contributed by atoms with Crippen molar-refractivity contribution in [2.75, 3.05) is 5.73 Å². The molecule has 11 heavy (non-hydrogen) atoms. The molecule has 5 heteroatoms. The number of hydrogen-bond donors (Lipinski definition) is 2. The van der Waals surface area contributed by atoms with E-state index in [1.165, 1.54) is 6.20 Å². The summed E-state index contributed by atoms with van der Waals surface area (Å²) in [6.45, 7) is 1.55. The maximum absolute atomic E-state index is 10.4. The SMILES string of the molecule is Cc1nc(N)cnc1C(=O)O. The monoisotopic (exact) mass is 153 g/mol. The van der Waals surface area contributed by atoms with Gasteiger partial charge in [0.2, 0.25) is 0 Å². The average molecular weight is 153 g/mol. The Balaban J connectivity index is 3.20. The van der Waals surface area contributed by atoms with E-state index < -0.39 is 5.97 Å². The van der Waals surface area contributed by atoms with Crippen molar-refractivity contribution in [2.45, 2.75) is 6.92 Å². The van der Waals surface area contributed by atoms with Crippen molar-refractivity contribution in [2.24, 2.45) is 0 Å². The molecule has 0 unspecified atom stereocenters. The van der Waals surface area contributed by atoms with E-state index in [4.69, 9.17) is 10.8 Å². The van der Waals surface area contributed by atoms with Gasteiger partial charge >= 0.3 is 5.97 Å². The quantitative estimate of drug-likeness (QED) is 0.595. The van der Waals surface area contributed by atoms with Crippen LogP contribution in [0.15, 0.2) is 6.20 Å². The van der Waals surface area contributed by atoms with E-state index in [-0.39, 0.29) is 11.5 Å². The van der Waals surface area contributed by atoms with E-state index in [1.807, 2.05) is 0 Å². The molecule has 3 N–H and O–H groups in total. The summed E-state index contributed by atoms with van der Waals surface area (Å²) in [5, 5.41) is 8.51. The molecular weight excluding hydrogens is 146 g/mol. The molecule has 0 aliphatic carbocycles. The number of nitrogens with two attached hydrogens (primary N) is 1. The Hall–Kier alpha value is -1.65. The van der Waals surface area contributed by atoms with Crippen molar-refractivity contribution in [3.63, 3.8) is 0 Å². The molecule has 0 radical (unpaired) electrons. The second-order valence-electron chi connectivity index (χ2n) is 2.03. The summed E-state index contributed by atoms with van der Waals surface area (Å²) in [5.74, 6) is -0.859. The van der Waals surface area contributed by atoms with Crippen LogP contribution >= 0.6 is 0 Å². The highest BCUT2D eigenvalue weighted by atomic mass is 16.4. The Bertz CT molecular complexity index is 298. The second-order valence-corrected chi connectivity index (χ2v) is 2.03. The minimum absolute atomic E-state index is 0.0563. The predicted molar refractivity (Wildman–Crippen MR) is 38.1 cm³/mol. The Morgan fingerprint density at radius 3 is 2.82 bits per heavy atom. The number of aryl methyl sites for hydroxylation is 1. The number of aromatic nitrogens is 2. The summed E-state index contributed by atoms with van der Waals surface area (Å²) >= 11 is 0. The third-order valence-corrected chi connectivity index (χ3v) is 1.17. The van der Waals surface area contributed by atoms with E-state index in [2.05, 4.69) is 9.97 Å². The van der Waals surface area contributed by atoms with E-state index >= 15 is 0 Å². The summed E-state index contributed by atoms with van der Waals surface area (Å²) < 4.78 is 0. The molecule has 0 bridgehead atoms. The van der Waals surface area contributed by atoms with Gasteiger partial charge in [-0.15, -0.1) is 0 Å². The Morgan fingerprint density at radius 1 is 1.73 bits per heavy atom. The molecule has 0 fully saturated rings. The standard InChI is InChI=1S/C6H7N3O2/c1-3-5(6(10)11)8-2-4(7)9-3/h2H,1H3,(H2,7,9)(H,10,11). The van der Waals surface area contributed by atoms with Crippen LogP contribution in [-0.4, -0.2) is 21.0 Å². The van der Waals surface area contributed by atoms with Gasteiger partial charge in [0.05, 0.1) is 11.9 Å². The van der Waals surface area contributed by atoms with Gasteiger partial charge in [-0.05, 0) is 6.92 Å². The minimum Gasteiger partial charge on any atom is -0.476 e. The van der Waals surface area contributed by atoms with Crippen LogP contribution in [0.5, 0.6) is 0 Å². The summed E-state index contributed by atoms with van der Waals surface area (Å²) in [5.41, 5.74) is 5.54. The zero-order valence-corrected chi connectivity index (χ0v) is 5.90. The van der Waals surface area contributed by atoms with E-state index in [9.17, 15) is 4.79 Å². The first-order valence-electron chi connectivity index (χ1n) is 2.93. The zero-order chi connectivity index (χ0) is 8.43. The van der Waals surface area contributed by atoms with Crippen LogP contribution in [0.3, 0.4) is 0 Å². The Morgan fingerprint density at radius 2 is 2.36 bits per heavy atom. The number of carboxylic acid groups (broad SMARTS) is 1. The van der Waals surface area contributed by atoms with Gasteiger partial charge in [0, 0.05) is 0 Å². The molecule has 1 heterocycles. The number of anilines is 1. The second kappa shape index (κ2) is 2.53. The molecule has 58 valence electrons. The molecule has 1 aromatic heterocycles. The van der Waals surface area contributed by atoms with Crippen LogP contribution in [0, 0.1) is 6.92 Å². The summed E-state index contributed by atoms with van der Waals surface area (Å²) in [7, 11) is 0. The number of carboxylic acids is 1. The molecule has 0 spiro atoms. The van der Waals surface area contributed by atoms with Gasteiger partial charge in [-0.1, -0.05) is 0 Å². The number of nitrogens with zero attached hydrogens (tertiary/aromatic N) is 2. The Kier molecular flexibility index (Phi) is 1.72. The normalized spacial score (nSPS) is 9.55. The van der Waals surface area contributed by atoms with Gasteiger partial charge in [0.25, 0.3) is 0 Å². The fourth-order valence-electron chi connectivity index (χ4n) is 0.710. The number of aromatic carboxylic acids is 1. The lowest BCUT2D eigenvalue weighted by Gasteiger charge is -1.97. The summed E-state index contributed by atoms with van der Waals surface area (Å²) in [4.78, 5) is 17.7. The lowest BCUT2D eigenvalue weighted by Crippen LogP contribution is -2.06. The smallest absolute Gasteiger partial charge is 0.356 e. The maximum atomic E-state index is 10.4. The van der Waals surface area contributed by atoms with Crippen molar-refractivity contribution >= 4 is 11.8 Å². The lowest BCUT2D eigenvalue weighted by atomic mass is 10.3. The molecule has 0 saturated heterocycles. The van der Waals surface area contributed by atoms with Gasteiger partial charge in [0.1, 0.15) is 5.82 Å². The first kappa shape index (κ1) is 7.46. The fraction of sp³-hybridized carbons (Fsp3) is 0.167. The van der Waals surface area contributed by atoms with Crippen LogP contribution in [0.1, 0.15) is 16.2 Å². The molecule has 0 aliphatic heterocycles. The molecule has 0 aliphatic rings. The summed E-state index contributed by atoms with van der Waals surface area (Å²) in [6, 6.07) is 0. The van der Waals surface area contributed by atoms with Gasteiger partial charge in [-0.2, -0.15) is 0 Å². The van der Waals surface area contributed by atoms with E-state index in [0.29, 0.717) is 5.69 Å². The van der Waals surface area contributed by atoms with E-state index in [1.54, 1.807) is 6.92 Å². The first-order valence-corrected chi connectivity index (χ1v) is 2.93. The van der Waals surface area contributed by atoms with Crippen molar-refractivity contribution in [1.82, 2.24) is 9.97 Å². The highest BCUT2D eigenvalue weighted by molar-refractivity contribution is 5.86. The van der Waals surface area contributed by atoms with Crippen molar-refractivity contribution < 1.29 is 9.90 Å². The average Bonchev–Trinajstić information content (AvgIpc) is 1.85. The highest BCUT2D eigenvalue weighted by Crippen LogP contribution is 2.02. The molecule has 0 saturated carbocycles. The van der Waals surface area contributed by atoms with Gasteiger partial charge in [-0.25, -0.2) is 14.8 Å². The number of rotatable bonds is 1. The topological polar surface area (TPSA) is 89.1 Å². The number of carbonyl (C=O) groups is 1. The fourth-order valence-corrected chi connectivity index (χ4v) is 0.710. The zero-order valence-electron chi connectivity index (χ0n) is 5.90. The van der Waals surface area contributed by atoms with Gasteiger partial charge in [-0.3, -0.25) is 0 Å². The molecule has 0 amide bonds. The third-order valence-electron chi connectivity index (χ3n) is 1.17. The lowest BCUT2D eigenvalue weighted by molar-refractivity contribution is 0.0689. The predicted octanol–water partition coefficient (Wildman–Crippen LogP) is 0.0654. The third kappa shape index (κ3) is 1.43. The van der Waals surface area contributed by atoms with Crippen molar-refractivity contribution in [3.8, 4) is 0 Å². The molecular formula is C6H7N3O2. The van der Waals surface area contributed by atoms with Gasteiger partial charge < -0.3 is 10.8 Å². The first-order chi connectivity index (χ1) is 5.11. The molecule has 5 nitrogen and oxygen atoms in total. The van der Waals surface area contributed by atoms with Crippen molar-refractivity contribution in [1.29, 1.82) is 0 Å². The Labute approximate surface area is 62.9 Å².